The molecule has 0 spiro atoms. The molecule has 6 nitrogen and oxygen atoms in total. The topological polar surface area (TPSA) is 69.4 Å². The Balaban J connectivity index is 1.27. The second kappa shape index (κ2) is 18.2. The van der Waals surface area contributed by atoms with Crippen LogP contribution >= 0.6 is 0 Å². The Morgan fingerprint density at radius 1 is 0.296 bits per heavy atom. The van der Waals surface area contributed by atoms with Crippen molar-refractivity contribution in [1.29, 1.82) is 0 Å². The first-order chi connectivity index (χ1) is 34.4. The van der Waals surface area contributed by atoms with E-state index in [0.29, 0.717) is 23.3 Å². The molecule has 8 aromatic carbocycles. The summed E-state index contributed by atoms with van der Waals surface area (Å²) < 4.78 is 2.40. The summed E-state index contributed by atoms with van der Waals surface area (Å²) in [6.07, 6.45) is 0. The van der Waals surface area contributed by atoms with Crippen LogP contribution < -0.4 is 54.6 Å². The first kappa shape index (κ1) is 45.7. The number of para-hydroxylation sites is 1. The van der Waals surface area contributed by atoms with Crippen molar-refractivity contribution >= 4 is 155 Å². The summed E-state index contributed by atoms with van der Waals surface area (Å²) in [6.45, 7) is 0. The van der Waals surface area contributed by atoms with Crippen molar-refractivity contribution in [3.63, 3.8) is 0 Å². The zero-order valence-electron chi connectivity index (χ0n) is 42.2. The molecule has 0 radical (unpaired) electrons. The van der Waals surface area contributed by atoms with Gasteiger partial charge in [-0.15, -0.1) is 32.8 Å². The number of benzene rings is 8. The molecular weight excluding hydrogens is 853 g/mol. The lowest BCUT2D eigenvalue weighted by atomic mass is 9.60. The molecule has 11 aromatic rings. The normalized spacial score (nSPS) is 11.4. The Morgan fingerprint density at radius 2 is 0.746 bits per heavy atom. The fraction of sp³-hybridized carbons (Fsp3) is 0. The molecule has 0 saturated heterocycles. The van der Waals surface area contributed by atoms with E-state index in [0.717, 1.165) is 61.5 Å². The first-order valence-corrected chi connectivity index (χ1v) is 24.5. The van der Waals surface area contributed by atoms with Gasteiger partial charge in [0.2, 0.25) is 0 Å². The van der Waals surface area contributed by atoms with Crippen molar-refractivity contribution in [2.75, 3.05) is 0 Å². The third-order valence-electron chi connectivity index (χ3n) is 15.5. The lowest BCUT2D eigenvalue weighted by molar-refractivity contribution is 1.07. The van der Waals surface area contributed by atoms with E-state index in [9.17, 15) is 0 Å². The van der Waals surface area contributed by atoms with Crippen LogP contribution in [-0.4, -0.2) is 108 Å². The van der Waals surface area contributed by atoms with Crippen LogP contribution in [0.1, 0.15) is 0 Å². The van der Waals surface area contributed by atoms with Gasteiger partial charge in [-0.2, -0.15) is 0 Å². The summed E-state index contributed by atoms with van der Waals surface area (Å²) in [5.41, 5.74) is 25.2. The van der Waals surface area contributed by atoms with Gasteiger partial charge in [0.15, 0.2) is 23.3 Å². The monoisotopic (exact) mass is 900 g/mol. The molecular formula is C55H46B10N6. The molecule has 0 atom stereocenters. The Morgan fingerprint density at radius 3 is 1.31 bits per heavy atom. The fourth-order valence-electron chi connectivity index (χ4n) is 10.7. The minimum atomic E-state index is 0.581. The number of aromatic nitrogens is 6. The minimum absolute atomic E-state index is 0.581. The molecule has 0 aliphatic carbocycles. The van der Waals surface area contributed by atoms with Crippen LogP contribution in [0.4, 0.5) is 0 Å². The Labute approximate surface area is 424 Å². The molecule has 16 heteroatoms. The maximum absolute atomic E-state index is 5.65. The summed E-state index contributed by atoms with van der Waals surface area (Å²) in [6, 6.07) is 55.4. The lowest BCUT2D eigenvalue weighted by Crippen LogP contribution is -2.55. The van der Waals surface area contributed by atoms with E-state index < -0.39 is 0 Å². The second-order valence-electron chi connectivity index (χ2n) is 19.2. The molecule has 71 heavy (non-hydrogen) atoms. The SMILES string of the molecule is Bc1c(B)c(B)c(-c2nc(-c3cc(-c4cc(-c5ccccc5)nc(-c5ccccc5)n4)ccc3-n3c4ccccc4c4c(-c5ccccc5)cccc43)nc(-c3c(B)c(B)c(B)c(B)c3B)n2)c(B)c1B. The average Bonchev–Trinajstić information content (AvgIpc) is 3.75. The van der Waals surface area contributed by atoms with Gasteiger partial charge in [-0.25, -0.2) is 24.9 Å². The molecule has 0 aliphatic heterocycles. The Kier molecular flexibility index (Phi) is 11.7. The molecule has 0 unspecified atom stereocenters. The first-order valence-electron chi connectivity index (χ1n) is 24.5. The van der Waals surface area contributed by atoms with Gasteiger partial charge in [0, 0.05) is 44.2 Å². The molecule has 0 N–H and O–H groups in total. The maximum Gasteiger partial charge on any atom is 0.166 e. The molecule has 11 rings (SSSR count). The summed E-state index contributed by atoms with van der Waals surface area (Å²) in [5, 5.41) is 2.35. The van der Waals surface area contributed by atoms with Gasteiger partial charge in [-0.1, -0.05) is 149 Å². The van der Waals surface area contributed by atoms with Crippen LogP contribution in [-0.2, 0) is 0 Å². The zero-order valence-corrected chi connectivity index (χ0v) is 42.2. The van der Waals surface area contributed by atoms with E-state index in [-0.39, 0.29) is 0 Å². The Hall–Kier alpha value is -7.70. The number of hydrogen-bond donors (Lipinski definition) is 0. The van der Waals surface area contributed by atoms with Crippen molar-refractivity contribution < 1.29 is 0 Å². The summed E-state index contributed by atoms with van der Waals surface area (Å²) in [4.78, 5) is 27.3. The van der Waals surface area contributed by atoms with E-state index in [4.69, 9.17) is 24.9 Å². The van der Waals surface area contributed by atoms with Crippen LogP contribution in [0.15, 0.2) is 158 Å². The van der Waals surface area contributed by atoms with Crippen molar-refractivity contribution in [2.45, 2.75) is 0 Å². The summed E-state index contributed by atoms with van der Waals surface area (Å²) >= 11 is 0. The third kappa shape index (κ3) is 7.81. The van der Waals surface area contributed by atoms with Gasteiger partial charge in [0.25, 0.3) is 0 Å². The van der Waals surface area contributed by atoms with Crippen molar-refractivity contribution in [1.82, 2.24) is 29.5 Å². The predicted molar refractivity (Wildman–Crippen MR) is 330 cm³/mol. The third-order valence-corrected chi connectivity index (χ3v) is 15.5. The maximum atomic E-state index is 5.65. The van der Waals surface area contributed by atoms with Crippen LogP contribution in [0, 0.1) is 0 Å². The highest BCUT2D eigenvalue weighted by Gasteiger charge is 2.25. The summed E-state index contributed by atoms with van der Waals surface area (Å²) in [5.74, 6) is 2.55. The zero-order chi connectivity index (χ0) is 49.2. The van der Waals surface area contributed by atoms with Crippen molar-refractivity contribution in [3.8, 4) is 84.9 Å². The van der Waals surface area contributed by atoms with E-state index in [2.05, 4.69) is 216 Å². The van der Waals surface area contributed by atoms with E-state index in [1.165, 1.54) is 76.5 Å². The van der Waals surface area contributed by atoms with Crippen LogP contribution in [0.25, 0.3) is 107 Å². The van der Waals surface area contributed by atoms with Gasteiger partial charge in [0.1, 0.15) is 78.5 Å². The molecule has 0 amide bonds. The second-order valence-corrected chi connectivity index (χ2v) is 19.2. The van der Waals surface area contributed by atoms with Gasteiger partial charge in [-0.3, -0.25) is 0 Å². The molecule has 3 heterocycles. The Bertz CT molecular complexity index is 3740. The molecule has 0 aliphatic rings. The van der Waals surface area contributed by atoms with Crippen molar-refractivity contribution in [3.05, 3.63) is 158 Å². The summed E-state index contributed by atoms with van der Waals surface area (Å²) in [7, 11) is 22.1. The van der Waals surface area contributed by atoms with Crippen LogP contribution in [0.2, 0.25) is 0 Å². The predicted octanol–water partition coefficient (Wildman–Crippen LogP) is -3.99. The highest BCUT2D eigenvalue weighted by atomic mass is 15.1. The lowest BCUT2D eigenvalue weighted by Gasteiger charge is -2.22. The molecule has 0 bridgehead atoms. The number of fused-ring (bicyclic) bond motifs is 3. The molecule has 0 fully saturated rings. The van der Waals surface area contributed by atoms with Gasteiger partial charge < -0.3 is 4.57 Å². The smallest absolute Gasteiger partial charge is 0.166 e. The average molecular weight is 899 g/mol. The van der Waals surface area contributed by atoms with E-state index in [1.807, 2.05) is 24.3 Å². The standard InChI is InChI=1S/C55H46B10N6/c56-42-40(43(57)47(61)50(64)46(42)60)54-68-53(69-55(70-54)41-44(58)48(62)51(65)49(63)45(41)59)33-25-30(35-26-34(28-15-6-2-7-16-28)66-52(67-35)29-17-8-3-9-18-29)23-24-37(33)71-36-21-11-10-19-32(36)39-31(20-12-22-38(39)71)27-13-4-1-5-14-27/h1-26H,56-65H2. The molecule has 326 valence electrons. The largest absolute Gasteiger partial charge is 0.308 e. The molecule has 0 saturated carbocycles. The van der Waals surface area contributed by atoms with E-state index in [1.54, 1.807) is 0 Å². The highest BCUT2D eigenvalue weighted by molar-refractivity contribution is 6.70. The minimum Gasteiger partial charge on any atom is -0.308 e. The molecule has 3 aromatic heterocycles. The van der Waals surface area contributed by atoms with E-state index >= 15 is 0 Å². The van der Waals surface area contributed by atoms with Gasteiger partial charge in [-0.05, 0) is 41.5 Å². The number of nitrogens with zero attached hydrogens (tertiary/aromatic N) is 6. The van der Waals surface area contributed by atoms with Crippen LogP contribution in [0.5, 0.6) is 0 Å². The number of hydrogen-bond acceptors (Lipinski definition) is 5. The quantitative estimate of drug-likeness (QED) is 0.146. The van der Waals surface area contributed by atoms with Gasteiger partial charge in [0.05, 0.1) is 28.1 Å². The van der Waals surface area contributed by atoms with Gasteiger partial charge >= 0.3 is 0 Å². The highest BCUT2D eigenvalue weighted by Crippen LogP contribution is 2.41. The van der Waals surface area contributed by atoms with Crippen molar-refractivity contribution in [2.24, 2.45) is 0 Å². The van der Waals surface area contributed by atoms with Crippen LogP contribution in [0.3, 0.4) is 0 Å². The number of rotatable bonds is 8. The fourth-order valence-corrected chi connectivity index (χ4v) is 10.7.